The van der Waals surface area contributed by atoms with Crippen LogP contribution in [0.3, 0.4) is 0 Å². The van der Waals surface area contributed by atoms with Crippen LogP contribution in [0.4, 0.5) is 5.82 Å². The summed E-state index contributed by atoms with van der Waals surface area (Å²) in [4.78, 5) is 6.17. The molecule has 2 rings (SSSR count). The molecule has 2 heterocycles. The van der Waals surface area contributed by atoms with Crippen molar-refractivity contribution >= 4 is 11.6 Å². The minimum absolute atomic E-state index is 0.330. The predicted octanol–water partition coefficient (Wildman–Crippen LogP) is 1.43. The fourth-order valence-electron chi connectivity index (χ4n) is 1.32. The summed E-state index contributed by atoms with van der Waals surface area (Å²) in [6.45, 7) is 0.718. The van der Waals surface area contributed by atoms with Crippen LogP contribution in [0.1, 0.15) is 5.56 Å². The number of nitrogens with zero attached hydrogens (tertiary/aromatic N) is 2. The summed E-state index contributed by atoms with van der Waals surface area (Å²) in [6.07, 6.45) is 3.51. The largest absolute Gasteiger partial charge is 0.507 e. The number of fused-ring (bicyclic) bond motifs is 1. The van der Waals surface area contributed by atoms with Crippen molar-refractivity contribution in [3.63, 3.8) is 0 Å². The molecule has 0 saturated carbocycles. The Morgan fingerprint density at radius 1 is 1.58 bits per heavy atom. The average Bonchev–Trinajstić information content (AvgIpc) is 2.12. The normalized spacial score (nSPS) is 15.4. The predicted molar refractivity (Wildman–Crippen MR) is 48.1 cm³/mol. The van der Waals surface area contributed by atoms with Crippen LogP contribution in [0, 0.1) is 0 Å². The Morgan fingerprint density at radius 2 is 2.42 bits per heavy atom. The van der Waals surface area contributed by atoms with Gasteiger partial charge in [0, 0.05) is 19.8 Å². The van der Waals surface area contributed by atoms with Gasteiger partial charge in [-0.05, 0) is 18.2 Å². The summed E-state index contributed by atoms with van der Waals surface area (Å²) < 4.78 is 0. The SMILES string of the molecule is CN1CC=C(O)c2cccnc21. The Bertz CT molecular complexity index is 333. The Labute approximate surface area is 71.0 Å². The maximum absolute atomic E-state index is 9.47. The number of hydrogen-bond acceptors (Lipinski definition) is 3. The van der Waals surface area contributed by atoms with Gasteiger partial charge in [-0.2, -0.15) is 0 Å². The highest BCUT2D eigenvalue weighted by Crippen LogP contribution is 2.25. The summed E-state index contributed by atoms with van der Waals surface area (Å²) in [5.74, 6) is 1.17. The van der Waals surface area contributed by atoms with Gasteiger partial charge in [-0.3, -0.25) is 0 Å². The van der Waals surface area contributed by atoms with Gasteiger partial charge in [0.1, 0.15) is 11.6 Å². The molecule has 1 aromatic rings. The average molecular weight is 162 g/mol. The van der Waals surface area contributed by atoms with Gasteiger partial charge < -0.3 is 10.0 Å². The summed E-state index contributed by atoms with van der Waals surface area (Å²) in [6, 6.07) is 3.69. The Morgan fingerprint density at radius 3 is 3.17 bits per heavy atom. The molecule has 0 aromatic carbocycles. The second-order valence-corrected chi connectivity index (χ2v) is 2.84. The molecule has 0 atom stereocenters. The van der Waals surface area contributed by atoms with Crippen LogP contribution >= 0.6 is 0 Å². The first kappa shape index (κ1) is 7.16. The second kappa shape index (κ2) is 2.52. The highest BCUT2D eigenvalue weighted by Gasteiger charge is 2.15. The van der Waals surface area contributed by atoms with Crippen LogP contribution in [0.15, 0.2) is 24.4 Å². The van der Waals surface area contributed by atoms with Crippen molar-refractivity contribution in [1.29, 1.82) is 0 Å². The third-order valence-electron chi connectivity index (χ3n) is 1.98. The summed E-state index contributed by atoms with van der Waals surface area (Å²) in [7, 11) is 1.95. The van der Waals surface area contributed by atoms with Crippen molar-refractivity contribution < 1.29 is 5.11 Å². The van der Waals surface area contributed by atoms with Gasteiger partial charge in [0.2, 0.25) is 0 Å². The van der Waals surface area contributed by atoms with Gasteiger partial charge in [0.05, 0.1) is 5.56 Å². The molecule has 0 amide bonds. The zero-order chi connectivity index (χ0) is 8.55. The number of aromatic nitrogens is 1. The van der Waals surface area contributed by atoms with E-state index in [2.05, 4.69) is 4.98 Å². The van der Waals surface area contributed by atoms with Crippen molar-refractivity contribution in [2.45, 2.75) is 0 Å². The Kier molecular flexibility index (Phi) is 1.50. The van der Waals surface area contributed by atoms with E-state index in [0.717, 1.165) is 17.9 Å². The smallest absolute Gasteiger partial charge is 0.139 e. The quantitative estimate of drug-likeness (QED) is 0.627. The Balaban J connectivity index is 2.58. The van der Waals surface area contributed by atoms with E-state index in [0.29, 0.717) is 5.76 Å². The molecule has 0 radical (unpaired) electrons. The van der Waals surface area contributed by atoms with E-state index >= 15 is 0 Å². The number of aliphatic hydroxyl groups is 1. The lowest BCUT2D eigenvalue weighted by molar-refractivity contribution is 0.507. The molecule has 0 spiro atoms. The van der Waals surface area contributed by atoms with Crippen LogP contribution in [-0.2, 0) is 0 Å². The molecule has 12 heavy (non-hydrogen) atoms. The molecule has 0 aliphatic carbocycles. The van der Waals surface area contributed by atoms with Gasteiger partial charge in [0.15, 0.2) is 0 Å². The monoisotopic (exact) mass is 162 g/mol. The van der Waals surface area contributed by atoms with Gasteiger partial charge in [-0.25, -0.2) is 4.98 Å². The van der Waals surface area contributed by atoms with E-state index in [1.54, 1.807) is 12.3 Å². The number of likely N-dealkylation sites (N-methyl/N-ethyl adjacent to an activating group) is 1. The standard InChI is InChI=1S/C9H10N2O/c1-11-6-4-8(12)7-3-2-5-10-9(7)11/h2-5,12H,6H2,1H3. The molecule has 3 heteroatoms. The molecular formula is C9H10N2O. The Hall–Kier alpha value is -1.51. The van der Waals surface area contributed by atoms with E-state index in [4.69, 9.17) is 0 Å². The number of pyridine rings is 1. The first-order valence-electron chi connectivity index (χ1n) is 3.84. The van der Waals surface area contributed by atoms with Gasteiger partial charge >= 0.3 is 0 Å². The van der Waals surface area contributed by atoms with E-state index in [9.17, 15) is 5.11 Å². The van der Waals surface area contributed by atoms with Crippen molar-refractivity contribution in [1.82, 2.24) is 4.98 Å². The van der Waals surface area contributed by atoms with Crippen molar-refractivity contribution in [2.75, 3.05) is 18.5 Å². The zero-order valence-electron chi connectivity index (χ0n) is 6.86. The lowest BCUT2D eigenvalue weighted by Crippen LogP contribution is -2.22. The number of rotatable bonds is 0. The molecule has 62 valence electrons. The van der Waals surface area contributed by atoms with Crippen molar-refractivity contribution in [3.05, 3.63) is 30.0 Å². The first-order valence-corrected chi connectivity index (χ1v) is 3.84. The summed E-state index contributed by atoms with van der Waals surface area (Å²) in [5.41, 5.74) is 0.811. The van der Waals surface area contributed by atoms with Crippen LogP contribution < -0.4 is 4.90 Å². The summed E-state index contributed by atoms with van der Waals surface area (Å²) >= 11 is 0. The molecule has 3 nitrogen and oxygen atoms in total. The van der Waals surface area contributed by atoms with E-state index in [1.807, 2.05) is 24.1 Å². The van der Waals surface area contributed by atoms with Crippen molar-refractivity contribution in [3.8, 4) is 0 Å². The molecule has 0 unspecified atom stereocenters. The molecule has 1 aliphatic rings. The van der Waals surface area contributed by atoms with E-state index < -0.39 is 0 Å². The highest BCUT2D eigenvalue weighted by atomic mass is 16.3. The van der Waals surface area contributed by atoms with Crippen molar-refractivity contribution in [2.24, 2.45) is 0 Å². The molecule has 0 bridgehead atoms. The lowest BCUT2D eigenvalue weighted by atomic mass is 10.1. The first-order chi connectivity index (χ1) is 5.79. The maximum atomic E-state index is 9.47. The van der Waals surface area contributed by atoms with Crippen LogP contribution in [0.2, 0.25) is 0 Å². The van der Waals surface area contributed by atoms with Crippen LogP contribution in [0.5, 0.6) is 0 Å². The van der Waals surface area contributed by atoms with E-state index in [1.165, 1.54) is 0 Å². The maximum Gasteiger partial charge on any atom is 0.139 e. The molecular weight excluding hydrogens is 152 g/mol. The molecule has 0 saturated heterocycles. The third-order valence-corrected chi connectivity index (χ3v) is 1.98. The minimum atomic E-state index is 0.330. The topological polar surface area (TPSA) is 36.4 Å². The zero-order valence-corrected chi connectivity index (χ0v) is 6.86. The van der Waals surface area contributed by atoms with Gasteiger partial charge in [-0.1, -0.05) is 0 Å². The highest BCUT2D eigenvalue weighted by molar-refractivity contribution is 5.72. The van der Waals surface area contributed by atoms with Crippen LogP contribution in [-0.4, -0.2) is 23.7 Å². The summed E-state index contributed by atoms with van der Waals surface area (Å²) in [5, 5.41) is 9.47. The fraction of sp³-hybridized carbons (Fsp3) is 0.222. The third kappa shape index (κ3) is 0.942. The van der Waals surface area contributed by atoms with Gasteiger partial charge in [0.25, 0.3) is 0 Å². The second-order valence-electron chi connectivity index (χ2n) is 2.84. The number of hydrogen-bond donors (Lipinski definition) is 1. The number of anilines is 1. The lowest BCUT2D eigenvalue weighted by Gasteiger charge is -2.23. The molecule has 1 N–H and O–H groups in total. The minimum Gasteiger partial charge on any atom is -0.507 e. The fourth-order valence-corrected chi connectivity index (χ4v) is 1.32. The molecule has 1 aliphatic heterocycles. The molecule has 0 fully saturated rings. The number of aliphatic hydroxyl groups excluding tert-OH is 1. The van der Waals surface area contributed by atoms with E-state index in [-0.39, 0.29) is 0 Å². The van der Waals surface area contributed by atoms with Crippen LogP contribution in [0.25, 0.3) is 5.76 Å². The molecule has 1 aromatic heterocycles. The van der Waals surface area contributed by atoms with Gasteiger partial charge in [-0.15, -0.1) is 0 Å².